The lowest BCUT2D eigenvalue weighted by Crippen LogP contribution is -2.25. The molecule has 0 aliphatic carbocycles. The SMILES string of the molecule is COc1ccc(OCCCn2c([C@@H]3CC(=O)N(c4cccc(C)c4C)C3)nc3ccccc32)cc1. The van der Waals surface area contributed by atoms with Gasteiger partial charge in [-0.1, -0.05) is 24.3 Å². The summed E-state index contributed by atoms with van der Waals surface area (Å²) in [5.74, 6) is 2.83. The molecule has 0 unspecified atom stereocenters. The number of fused-ring (bicyclic) bond motifs is 1. The predicted molar refractivity (Wildman–Crippen MR) is 138 cm³/mol. The second kappa shape index (κ2) is 9.82. The largest absolute Gasteiger partial charge is 0.497 e. The highest BCUT2D eigenvalue weighted by molar-refractivity contribution is 5.97. The maximum absolute atomic E-state index is 13.1. The van der Waals surface area contributed by atoms with E-state index in [0.717, 1.165) is 52.6 Å². The molecule has 0 radical (unpaired) electrons. The summed E-state index contributed by atoms with van der Waals surface area (Å²) in [5, 5.41) is 0. The number of para-hydroxylation sites is 2. The van der Waals surface area contributed by atoms with Crippen molar-refractivity contribution in [2.24, 2.45) is 0 Å². The number of hydrogen-bond acceptors (Lipinski definition) is 4. The van der Waals surface area contributed by atoms with Gasteiger partial charge in [0, 0.05) is 31.1 Å². The Balaban J connectivity index is 1.34. The van der Waals surface area contributed by atoms with Gasteiger partial charge < -0.3 is 18.9 Å². The van der Waals surface area contributed by atoms with Crippen molar-refractivity contribution in [3.63, 3.8) is 0 Å². The second-order valence-electron chi connectivity index (χ2n) is 9.11. The average molecular weight is 470 g/mol. The van der Waals surface area contributed by atoms with Gasteiger partial charge in [0.2, 0.25) is 5.91 Å². The summed E-state index contributed by atoms with van der Waals surface area (Å²) in [6.45, 7) is 6.19. The summed E-state index contributed by atoms with van der Waals surface area (Å²) in [6.07, 6.45) is 1.31. The van der Waals surface area contributed by atoms with E-state index in [-0.39, 0.29) is 11.8 Å². The van der Waals surface area contributed by atoms with E-state index in [1.807, 2.05) is 59.5 Å². The Morgan fingerprint density at radius 3 is 2.54 bits per heavy atom. The monoisotopic (exact) mass is 469 g/mol. The summed E-state index contributed by atoms with van der Waals surface area (Å²) in [5.41, 5.74) is 5.43. The van der Waals surface area contributed by atoms with E-state index in [9.17, 15) is 4.79 Å². The molecule has 1 aliphatic rings. The van der Waals surface area contributed by atoms with Gasteiger partial charge in [-0.15, -0.1) is 0 Å². The third-order valence-corrected chi connectivity index (χ3v) is 6.90. The lowest BCUT2D eigenvalue weighted by atomic mass is 10.1. The fraction of sp³-hybridized carbons (Fsp3) is 0.310. The number of amides is 1. The molecule has 6 nitrogen and oxygen atoms in total. The molecule has 1 aromatic heterocycles. The van der Waals surface area contributed by atoms with Crippen LogP contribution in [-0.4, -0.2) is 35.7 Å². The van der Waals surface area contributed by atoms with Crippen LogP contribution in [0.5, 0.6) is 11.5 Å². The normalized spacial score (nSPS) is 15.7. The van der Waals surface area contributed by atoms with Crippen LogP contribution >= 0.6 is 0 Å². The molecular formula is C29H31N3O3. The number of carbonyl (C=O) groups excluding carboxylic acids is 1. The minimum atomic E-state index is 0.0531. The minimum absolute atomic E-state index is 0.0531. The number of aryl methyl sites for hydroxylation is 2. The number of imidazole rings is 1. The van der Waals surface area contributed by atoms with Crippen LogP contribution in [0.25, 0.3) is 11.0 Å². The Labute approximate surface area is 206 Å². The molecule has 1 saturated heterocycles. The molecule has 1 aliphatic heterocycles. The van der Waals surface area contributed by atoms with Crippen LogP contribution in [0, 0.1) is 13.8 Å². The number of ether oxygens (including phenoxy) is 2. The predicted octanol–water partition coefficient (Wildman–Crippen LogP) is 5.65. The number of carbonyl (C=O) groups is 1. The van der Waals surface area contributed by atoms with E-state index in [1.54, 1.807) is 7.11 Å². The summed E-state index contributed by atoms with van der Waals surface area (Å²) in [6, 6.07) is 22.0. The highest BCUT2D eigenvalue weighted by Gasteiger charge is 2.35. The van der Waals surface area contributed by atoms with E-state index in [0.29, 0.717) is 19.6 Å². The first-order valence-corrected chi connectivity index (χ1v) is 12.1. The number of rotatable bonds is 8. The van der Waals surface area contributed by atoms with Crippen LogP contribution in [0.15, 0.2) is 66.7 Å². The standard InChI is InChI=1S/C29H31N3O3/c1-20-8-6-11-26(21(20)2)32-19-22(18-28(32)33)29-30-25-9-4-5-10-27(25)31(29)16-7-17-35-24-14-12-23(34-3)13-15-24/h4-6,8-15,22H,7,16-19H2,1-3H3/t22-/m1/s1. The van der Waals surface area contributed by atoms with Crippen molar-refractivity contribution in [3.8, 4) is 11.5 Å². The Kier molecular flexibility index (Phi) is 6.45. The quantitative estimate of drug-likeness (QED) is 0.313. The fourth-order valence-corrected chi connectivity index (χ4v) is 4.87. The van der Waals surface area contributed by atoms with Crippen molar-refractivity contribution in [1.82, 2.24) is 9.55 Å². The molecule has 5 rings (SSSR count). The lowest BCUT2D eigenvalue weighted by molar-refractivity contribution is -0.117. The molecule has 2 heterocycles. The Bertz CT molecular complexity index is 1340. The van der Waals surface area contributed by atoms with Crippen LogP contribution in [-0.2, 0) is 11.3 Å². The first-order valence-electron chi connectivity index (χ1n) is 12.1. The molecule has 35 heavy (non-hydrogen) atoms. The van der Waals surface area contributed by atoms with Crippen molar-refractivity contribution in [1.29, 1.82) is 0 Å². The highest BCUT2D eigenvalue weighted by atomic mass is 16.5. The third kappa shape index (κ3) is 4.61. The van der Waals surface area contributed by atoms with E-state index in [1.165, 1.54) is 5.56 Å². The molecule has 0 spiro atoms. The molecule has 0 saturated carbocycles. The third-order valence-electron chi connectivity index (χ3n) is 6.90. The van der Waals surface area contributed by atoms with Gasteiger partial charge in [-0.25, -0.2) is 4.98 Å². The number of anilines is 1. The van der Waals surface area contributed by atoms with Crippen molar-refractivity contribution < 1.29 is 14.3 Å². The molecule has 0 bridgehead atoms. The van der Waals surface area contributed by atoms with Crippen molar-refractivity contribution in [3.05, 3.63) is 83.7 Å². The summed E-state index contributed by atoms with van der Waals surface area (Å²) >= 11 is 0. The Morgan fingerprint density at radius 2 is 1.74 bits per heavy atom. The van der Waals surface area contributed by atoms with E-state index in [2.05, 4.69) is 30.5 Å². The summed E-state index contributed by atoms with van der Waals surface area (Å²) in [4.78, 5) is 20.0. The van der Waals surface area contributed by atoms with E-state index < -0.39 is 0 Å². The fourth-order valence-electron chi connectivity index (χ4n) is 4.87. The number of hydrogen-bond donors (Lipinski definition) is 0. The van der Waals surface area contributed by atoms with E-state index in [4.69, 9.17) is 14.5 Å². The second-order valence-corrected chi connectivity index (χ2v) is 9.11. The zero-order chi connectivity index (χ0) is 24.4. The van der Waals surface area contributed by atoms with Crippen LogP contribution in [0.1, 0.15) is 35.7 Å². The lowest BCUT2D eigenvalue weighted by Gasteiger charge is -2.20. The Morgan fingerprint density at radius 1 is 0.971 bits per heavy atom. The molecule has 180 valence electrons. The van der Waals surface area contributed by atoms with Crippen LogP contribution in [0.4, 0.5) is 5.69 Å². The van der Waals surface area contributed by atoms with Gasteiger partial charge in [-0.2, -0.15) is 0 Å². The summed E-state index contributed by atoms with van der Waals surface area (Å²) in [7, 11) is 1.65. The van der Waals surface area contributed by atoms with Crippen LogP contribution in [0.3, 0.4) is 0 Å². The number of aromatic nitrogens is 2. The molecule has 4 aromatic rings. The Hall–Kier alpha value is -3.80. The van der Waals surface area contributed by atoms with Gasteiger partial charge >= 0.3 is 0 Å². The van der Waals surface area contributed by atoms with Gasteiger partial charge in [0.15, 0.2) is 0 Å². The average Bonchev–Trinajstić information content (AvgIpc) is 3.44. The number of nitrogens with zero attached hydrogens (tertiary/aromatic N) is 3. The zero-order valence-electron chi connectivity index (χ0n) is 20.5. The van der Waals surface area contributed by atoms with Crippen molar-refractivity contribution >= 4 is 22.6 Å². The van der Waals surface area contributed by atoms with E-state index >= 15 is 0 Å². The van der Waals surface area contributed by atoms with Gasteiger partial charge in [-0.05, 0) is 73.9 Å². The number of benzene rings is 3. The zero-order valence-corrected chi connectivity index (χ0v) is 20.5. The van der Waals surface area contributed by atoms with Gasteiger partial charge in [-0.3, -0.25) is 4.79 Å². The number of methoxy groups -OCH3 is 1. The first kappa shape index (κ1) is 23.0. The maximum Gasteiger partial charge on any atom is 0.227 e. The van der Waals surface area contributed by atoms with Crippen molar-refractivity contribution in [2.75, 3.05) is 25.2 Å². The van der Waals surface area contributed by atoms with Crippen LogP contribution < -0.4 is 14.4 Å². The molecule has 1 amide bonds. The summed E-state index contributed by atoms with van der Waals surface area (Å²) < 4.78 is 13.4. The smallest absolute Gasteiger partial charge is 0.227 e. The maximum atomic E-state index is 13.1. The first-order chi connectivity index (χ1) is 17.0. The van der Waals surface area contributed by atoms with Gasteiger partial charge in [0.1, 0.15) is 17.3 Å². The molecule has 3 aromatic carbocycles. The van der Waals surface area contributed by atoms with Gasteiger partial charge in [0.25, 0.3) is 0 Å². The molecule has 6 heteroatoms. The molecular weight excluding hydrogens is 438 g/mol. The molecule has 1 fully saturated rings. The highest BCUT2D eigenvalue weighted by Crippen LogP contribution is 2.35. The molecule has 1 atom stereocenters. The minimum Gasteiger partial charge on any atom is -0.497 e. The van der Waals surface area contributed by atoms with Crippen molar-refractivity contribution in [2.45, 2.75) is 39.2 Å². The van der Waals surface area contributed by atoms with Gasteiger partial charge in [0.05, 0.1) is 24.8 Å². The van der Waals surface area contributed by atoms with Crippen LogP contribution in [0.2, 0.25) is 0 Å². The topological polar surface area (TPSA) is 56.6 Å². The molecule has 0 N–H and O–H groups in total.